The summed E-state index contributed by atoms with van der Waals surface area (Å²) in [6.45, 7) is 5.03. The van der Waals surface area contributed by atoms with Gasteiger partial charge in [0.05, 0.1) is 4.93 Å². The lowest BCUT2D eigenvalue weighted by Crippen LogP contribution is -2.33. The molecule has 0 rings (SSSR count). The third-order valence-electron chi connectivity index (χ3n) is 2.52. The molecule has 2 nitrogen and oxygen atoms in total. The standard InChI is InChI=1S/C10H24NOS2/c1-10(2,12-13(3)4)14(5,6)9-7-8-11/h3H,7-9,11H2,1-2,4-6H3/q-1. The molecule has 4 heteroatoms. The van der Waals surface area contributed by atoms with E-state index in [0.717, 1.165) is 18.7 Å². The van der Waals surface area contributed by atoms with Crippen molar-refractivity contribution in [1.29, 1.82) is 0 Å². The van der Waals surface area contributed by atoms with Crippen LogP contribution in [0.15, 0.2) is 0 Å². The van der Waals surface area contributed by atoms with Gasteiger partial charge < -0.3 is 20.5 Å². The van der Waals surface area contributed by atoms with Gasteiger partial charge >= 0.3 is 0 Å². The molecule has 0 saturated heterocycles. The van der Waals surface area contributed by atoms with Crippen molar-refractivity contribution in [3.63, 3.8) is 0 Å². The molecule has 14 heavy (non-hydrogen) atoms. The summed E-state index contributed by atoms with van der Waals surface area (Å²) in [6.07, 6.45) is 7.54. The lowest BCUT2D eigenvalue weighted by Gasteiger charge is -2.50. The van der Waals surface area contributed by atoms with Gasteiger partial charge in [0.2, 0.25) is 0 Å². The molecule has 0 aromatic heterocycles. The van der Waals surface area contributed by atoms with E-state index in [1.54, 1.807) is 0 Å². The molecule has 0 radical (unpaired) electrons. The van der Waals surface area contributed by atoms with Crippen molar-refractivity contribution in [2.45, 2.75) is 25.2 Å². The largest absolute Gasteiger partial charge is 0.472 e. The highest BCUT2D eigenvalue weighted by atomic mass is 32.3. The molecule has 0 aliphatic rings. The number of hydrogen-bond donors (Lipinski definition) is 1. The number of nitrogens with two attached hydrogens (primary N) is 1. The van der Waals surface area contributed by atoms with Crippen LogP contribution in [0.3, 0.4) is 0 Å². The van der Waals surface area contributed by atoms with Gasteiger partial charge in [0.15, 0.2) is 0 Å². The van der Waals surface area contributed by atoms with E-state index in [9.17, 15) is 0 Å². The van der Waals surface area contributed by atoms with Gasteiger partial charge in [0.25, 0.3) is 0 Å². The van der Waals surface area contributed by atoms with Crippen molar-refractivity contribution in [1.82, 2.24) is 0 Å². The molecule has 0 saturated carbocycles. The molecule has 2 N–H and O–H groups in total. The monoisotopic (exact) mass is 238 g/mol. The molecule has 88 valence electrons. The maximum absolute atomic E-state index is 5.80. The van der Waals surface area contributed by atoms with Crippen LogP contribution in [0.1, 0.15) is 20.3 Å². The van der Waals surface area contributed by atoms with Gasteiger partial charge in [-0.25, -0.2) is 10.0 Å². The van der Waals surface area contributed by atoms with E-state index in [1.807, 2.05) is 6.26 Å². The Morgan fingerprint density at radius 2 is 1.93 bits per heavy atom. The minimum Gasteiger partial charge on any atom is -0.472 e. The highest BCUT2D eigenvalue weighted by Crippen LogP contribution is 2.54. The topological polar surface area (TPSA) is 35.2 Å². The fraction of sp³-hybridized carbons (Fsp3) is 0.900. The molecule has 0 unspecified atom stereocenters. The van der Waals surface area contributed by atoms with Gasteiger partial charge in [-0.1, -0.05) is 0 Å². The van der Waals surface area contributed by atoms with E-state index >= 15 is 0 Å². The molecule has 0 heterocycles. The van der Waals surface area contributed by atoms with Gasteiger partial charge in [0, 0.05) is 0 Å². The highest BCUT2D eigenvalue weighted by molar-refractivity contribution is 8.33. The molecule has 0 fully saturated rings. The van der Waals surface area contributed by atoms with E-state index in [1.165, 1.54) is 0 Å². The first-order valence-corrected chi connectivity index (χ1v) is 8.97. The molecule has 0 aromatic carbocycles. The van der Waals surface area contributed by atoms with Gasteiger partial charge in [-0.3, -0.25) is 5.69 Å². The van der Waals surface area contributed by atoms with Crippen molar-refractivity contribution in [2.75, 3.05) is 31.1 Å². The van der Waals surface area contributed by atoms with E-state index in [4.69, 9.17) is 15.6 Å². The quantitative estimate of drug-likeness (QED) is 0.743. The Balaban J connectivity index is 4.45. The van der Waals surface area contributed by atoms with Gasteiger partial charge in [0.1, 0.15) is 0 Å². The fourth-order valence-electron chi connectivity index (χ4n) is 1.10. The molecular weight excluding hydrogens is 214 g/mol. The van der Waals surface area contributed by atoms with Gasteiger partial charge in [-0.2, -0.15) is 0 Å². The first-order valence-electron chi connectivity index (χ1n) is 4.73. The summed E-state index contributed by atoms with van der Waals surface area (Å²) >= 11 is 0. The molecule has 0 spiro atoms. The van der Waals surface area contributed by atoms with Crippen molar-refractivity contribution < 1.29 is 4.18 Å². The minimum absolute atomic E-state index is 0.116. The zero-order chi connectivity index (χ0) is 11.4. The number of hydrogen-bond acceptors (Lipinski definition) is 3. The summed E-state index contributed by atoms with van der Waals surface area (Å²) in [7, 11) is -1.24. The van der Waals surface area contributed by atoms with Crippen molar-refractivity contribution >= 4 is 20.6 Å². The average molecular weight is 238 g/mol. The molecule has 0 atom stereocenters. The molecule has 0 bridgehead atoms. The molecular formula is C10H24NOS2-. The third kappa shape index (κ3) is 4.28. The molecule has 0 aliphatic carbocycles. The van der Waals surface area contributed by atoms with E-state index in [2.05, 4.69) is 26.4 Å². The van der Waals surface area contributed by atoms with E-state index in [0.29, 0.717) is 0 Å². The zero-order valence-corrected chi connectivity index (χ0v) is 11.6. The summed E-state index contributed by atoms with van der Waals surface area (Å²) in [5, 5.41) is 0. The molecule has 0 aromatic rings. The zero-order valence-electron chi connectivity index (χ0n) is 10.0. The second kappa shape index (κ2) is 5.47. The SMILES string of the molecule is C#[S-](C)OC(C)(C)S(C)(C)CCCN. The Morgan fingerprint density at radius 1 is 1.43 bits per heavy atom. The van der Waals surface area contributed by atoms with Crippen LogP contribution < -0.4 is 5.73 Å². The Hall–Kier alpha value is 0.400. The summed E-state index contributed by atoms with van der Waals surface area (Å²) in [4.78, 5) is -0.116. The third-order valence-corrected chi connectivity index (χ3v) is 7.36. The smallest absolute Gasteiger partial charge is 0.0711 e. The summed E-state index contributed by atoms with van der Waals surface area (Å²) < 4.78 is 5.80. The Morgan fingerprint density at radius 3 is 2.29 bits per heavy atom. The average Bonchev–Trinajstić information content (AvgIpc) is 1.98. The second-order valence-corrected chi connectivity index (χ2v) is 10.00. The van der Waals surface area contributed by atoms with Crippen molar-refractivity contribution in [2.24, 2.45) is 5.73 Å². The van der Waals surface area contributed by atoms with Crippen molar-refractivity contribution in [3.05, 3.63) is 0 Å². The lowest BCUT2D eigenvalue weighted by molar-refractivity contribution is 0.241. The highest BCUT2D eigenvalue weighted by Gasteiger charge is 2.30. The van der Waals surface area contributed by atoms with Crippen LogP contribution in [0.25, 0.3) is 0 Å². The number of rotatable bonds is 5. The maximum atomic E-state index is 5.80. The summed E-state index contributed by atoms with van der Waals surface area (Å²) in [5.74, 6) is 1.15. The fourth-order valence-corrected chi connectivity index (χ4v) is 4.17. The van der Waals surface area contributed by atoms with E-state index in [-0.39, 0.29) is 4.93 Å². The van der Waals surface area contributed by atoms with Gasteiger partial charge in [-0.15, -0.1) is 6.26 Å². The predicted octanol–water partition coefficient (Wildman–Crippen LogP) is 1.90. The minimum atomic E-state index is -0.792. The van der Waals surface area contributed by atoms with Crippen LogP contribution >= 0.6 is 10.0 Å². The normalized spacial score (nSPS) is 14.7. The van der Waals surface area contributed by atoms with Crippen LogP contribution in [-0.4, -0.2) is 36.0 Å². The molecule has 0 aliphatic heterocycles. The predicted molar refractivity (Wildman–Crippen MR) is 71.4 cm³/mol. The Labute approximate surface area is 92.7 Å². The first kappa shape index (κ1) is 14.4. The van der Waals surface area contributed by atoms with Crippen molar-refractivity contribution in [3.8, 4) is 5.69 Å². The maximum Gasteiger partial charge on any atom is 0.0711 e. The second-order valence-electron chi connectivity index (χ2n) is 4.37. The Kier molecular flexibility index (Phi) is 5.63. The van der Waals surface area contributed by atoms with Crippen LogP contribution in [0.5, 0.6) is 0 Å². The van der Waals surface area contributed by atoms with Crippen LogP contribution in [-0.2, 0) is 14.8 Å². The summed E-state index contributed by atoms with van der Waals surface area (Å²) in [6, 6.07) is 0. The lowest BCUT2D eigenvalue weighted by atomic mass is 10.5. The summed E-state index contributed by atoms with van der Waals surface area (Å²) in [5.41, 5.74) is 11.2. The van der Waals surface area contributed by atoms with Crippen LogP contribution in [0, 0.1) is 5.69 Å². The molecule has 0 amide bonds. The van der Waals surface area contributed by atoms with E-state index < -0.39 is 20.6 Å². The van der Waals surface area contributed by atoms with Gasteiger partial charge in [-0.05, 0) is 45.1 Å². The van der Waals surface area contributed by atoms with Crippen LogP contribution in [0.2, 0.25) is 0 Å². The van der Waals surface area contributed by atoms with Crippen LogP contribution in [0.4, 0.5) is 0 Å². The Bertz CT molecular complexity index is 240. The first-order chi connectivity index (χ1) is 6.23.